The lowest BCUT2D eigenvalue weighted by Gasteiger charge is -2.26. The van der Waals surface area contributed by atoms with Crippen LogP contribution in [0.25, 0.3) is 0 Å². The summed E-state index contributed by atoms with van der Waals surface area (Å²) in [6.07, 6.45) is 1.72. The number of nitrogens with zero attached hydrogens (tertiary/aromatic N) is 2. The minimum Gasteiger partial charge on any atom is -0.393 e. The number of nitro benzene ring substituents is 1. The lowest BCUT2D eigenvalue weighted by molar-refractivity contribution is -0.383. The number of nitro groups is 1. The molecule has 1 rings (SSSR count). The van der Waals surface area contributed by atoms with E-state index < -0.39 is 4.92 Å². The maximum absolute atomic E-state index is 12.2. The normalized spacial score (nSPS) is 10.5. The molecule has 0 heterocycles. The summed E-state index contributed by atoms with van der Waals surface area (Å²) in [5, 5.41) is 10.7. The molecule has 0 aromatic heterocycles. The fourth-order valence-corrected chi connectivity index (χ4v) is 2.06. The zero-order chi connectivity index (χ0) is 14.6. The maximum Gasteiger partial charge on any atom is 0.292 e. The van der Waals surface area contributed by atoms with Crippen LogP contribution < -0.4 is 5.73 Å². The van der Waals surface area contributed by atoms with Crippen LogP contribution in [0.2, 0.25) is 0 Å². The smallest absolute Gasteiger partial charge is 0.292 e. The van der Waals surface area contributed by atoms with E-state index in [-0.39, 0.29) is 23.3 Å². The molecule has 6 nitrogen and oxygen atoms in total. The van der Waals surface area contributed by atoms with Crippen LogP contribution in [0.15, 0.2) is 18.2 Å². The molecule has 0 saturated carbocycles. The Kier molecular flexibility index (Phi) is 4.86. The third kappa shape index (κ3) is 3.21. The van der Waals surface area contributed by atoms with Gasteiger partial charge in [0.05, 0.1) is 4.92 Å². The SMILES string of the molecule is CCC(CC)N(C)C(=O)c1ccc([N+](=O)[O-])c(N)c1. The number of amides is 1. The molecule has 104 valence electrons. The fraction of sp³-hybridized carbons (Fsp3) is 0.462. The highest BCUT2D eigenvalue weighted by Gasteiger charge is 2.20. The number of hydrogen-bond donors (Lipinski definition) is 1. The van der Waals surface area contributed by atoms with Crippen LogP contribution in [0.3, 0.4) is 0 Å². The van der Waals surface area contributed by atoms with Crippen molar-refractivity contribution in [3.63, 3.8) is 0 Å². The lowest BCUT2D eigenvalue weighted by atomic mass is 10.1. The van der Waals surface area contributed by atoms with Crippen molar-refractivity contribution in [3.05, 3.63) is 33.9 Å². The molecule has 0 aliphatic heterocycles. The van der Waals surface area contributed by atoms with Gasteiger partial charge >= 0.3 is 0 Å². The van der Waals surface area contributed by atoms with E-state index in [1.54, 1.807) is 11.9 Å². The molecule has 0 aliphatic carbocycles. The first-order valence-corrected chi connectivity index (χ1v) is 6.23. The van der Waals surface area contributed by atoms with E-state index in [1.165, 1.54) is 18.2 Å². The van der Waals surface area contributed by atoms with E-state index in [9.17, 15) is 14.9 Å². The van der Waals surface area contributed by atoms with Crippen LogP contribution in [0.4, 0.5) is 11.4 Å². The van der Waals surface area contributed by atoms with Crippen LogP contribution in [-0.4, -0.2) is 28.8 Å². The number of hydrogen-bond acceptors (Lipinski definition) is 4. The molecule has 2 N–H and O–H groups in total. The van der Waals surface area contributed by atoms with Crippen molar-refractivity contribution in [2.75, 3.05) is 12.8 Å². The van der Waals surface area contributed by atoms with Crippen molar-refractivity contribution in [3.8, 4) is 0 Å². The molecule has 0 radical (unpaired) electrons. The van der Waals surface area contributed by atoms with E-state index >= 15 is 0 Å². The zero-order valence-corrected chi connectivity index (χ0v) is 11.4. The molecule has 0 bridgehead atoms. The number of anilines is 1. The molecular formula is C13H19N3O3. The topological polar surface area (TPSA) is 89.5 Å². The predicted octanol–water partition coefficient (Wildman–Crippen LogP) is 2.44. The Balaban J connectivity index is 3.01. The van der Waals surface area contributed by atoms with Gasteiger partial charge in [0.2, 0.25) is 0 Å². The monoisotopic (exact) mass is 265 g/mol. The van der Waals surface area contributed by atoms with Crippen LogP contribution in [0.5, 0.6) is 0 Å². The summed E-state index contributed by atoms with van der Waals surface area (Å²) in [5.74, 6) is -0.171. The van der Waals surface area contributed by atoms with Crippen molar-refractivity contribution in [2.45, 2.75) is 32.7 Å². The second kappa shape index (κ2) is 6.17. The van der Waals surface area contributed by atoms with Crippen LogP contribution in [0, 0.1) is 10.1 Å². The van der Waals surface area contributed by atoms with Crippen molar-refractivity contribution in [2.24, 2.45) is 0 Å². The molecule has 19 heavy (non-hydrogen) atoms. The number of carbonyl (C=O) groups is 1. The van der Waals surface area contributed by atoms with Crippen molar-refractivity contribution < 1.29 is 9.72 Å². The van der Waals surface area contributed by atoms with Gasteiger partial charge in [0.25, 0.3) is 11.6 Å². The zero-order valence-electron chi connectivity index (χ0n) is 11.4. The van der Waals surface area contributed by atoms with Crippen LogP contribution in [-0.2, 0) is 0 Å². The van der Waals surface area contributed by atoms with Gasteiger partial charge in [-0.05, 0) is 25.0 Å². The largest absolute Gasteiger partial charge is 0.393 e. The van der Waals surface area contributed by atoms with Gasteiger partial charge in [0.15, 0.2) is 0 Å². The molecule has 0 spiro atoms. The summed E-state index contributed by atoms with van der Waals surface area (Å²) >= 11 is 0. The highest BCUT2D eigenvalue weighted by atomic mass is 16.6. The Morgan fingerprint density at radius 1 is 1.42 bits per heavy atom. The maximum atomic E-state index is 12.2. The minimum absolute atomic E-state index is 0.00815. The molecular weight excluding hydrogens is 246 g/mol. The standard InChI is InChI=1S/C13H19N3O3/c1-4-10(5-2)15(3)13(17)9-6-7-12(16(18)19)11(14)8-9/h6-8,10H,4-5,14H2,1-3H3. The average molecular weight is 265 g/mol. The predicted molar refractivity (Wildman–Crippen MR) is 74.0 cm³/mol. The average Bonchev–Trinajstić information content (AvgIpc) is 2.38. The van der Waals surface area contributed by atoms with E-state index in [2.05, 4.69) is 0 Å². The Morgan fingerprint density at radius 3 is 2.42 bits per heavy atom. The molecule has 0 atom stereocenters. The van der Waals surface area contributed by atoms with Crippen molar-refractivity contribution >= 4 is 17.3 Å². The van der Waals surface area contributed by atoms with Gasteiger partial charge in [-0.15, -0.1) is 0 Å². The number of benzene rings is 1. The number of rotatable bonds is 5. The quantitative estimate of drug-likeness (QED) is 0.503. The van der Waals surface area contributed by atoms with Crippen molar-refractivity contribution in [1.82, 2.24) is 4.90 Å². The van der Waals surface area contributed by atoms with Crippen LogP contribution in [0.1, 0.15) is 37.0 Å². The van der Waals surface area contributed by atoms with E-state index in [1.807, 2.05) is 13.8 Å². The second-order valence-electron chi connectivity index (χ2n) is 4.42. The summed E-state index contributed by atoms with van der Waals surface area (Å²) < 4.78 is 0. The Morgan fingerprint density at radius 2 is 2.00 bits per heavy atom. The summed E-state index contributed by atoms with van der Waals surface area (Å²) in [7, 11) is 1.73. The molecule has 1 aromatic carbocycles. The number of nitrogens with two attached hydrogens (primary N) is 1. The fourth-order valence-electron chi connectivity index (χ4n) is 2.06. The first-order chi connectivity index (χ1) is 8.92. The molecule has 0 unspecified atom stereocenters. The van der Waals surface area contributed by atoms with Crippen molar-refractivity contribution in [1.29, 1.82) is 0 Å². The van der Waals surface area contributed by atoms with Gasteiger partial charge in [0.1, 0.15) is 5.69 Å². The van der Waals surface area contributed by atoms with Gasteiger partial charge in [0, 0.05) is 24.7 Å². The lowest BCUT2D eigenvalue weighted by Crippen LogP contribution is -2.36. The van der Waals surface area contributed by atoms with Gasteiger partial charge in [-0.25, -0.2) is 0 Å². The van der Waals surface area contributed by atoms with E-state index in [0.29, 0.717) is 5.56 Å². The third-order valence-corrected chi connectivity index (χ3v) is 3.28. The van der Waals surface area contributed by atoms with Gasteiger partial charge in [-0.1, -0.05) is 13.8 Å². The summed E-state index contributed by atoms with van der Waals surface area (Å²) in [6, 6.07) is 4.22. The molecule has 0 fully saturated rings. The summed E-state index contributed by atoms with van der Waals surface area (Å²) in [6.45, 7) is 4.03. The minimum atomic E-state index is -0.561. The highest BCUT2D eigenvalue weighted by Crippen LogP contribution is 2.23. The molecule has 1 amide bonds. The molecule has 0 saturated heterocycles. The highest BCUT2D eigenvalue weighted by molar-refractivity contribution is 5.95. The van der Waals surface area contributed by atoms with E-state index in [4.69, 9.17) is 5.73 Å². The van der Waals surface area contributed by atoms with E-state index in [0.717, 1.165) is 12.8 Å². The summed E-state index contributed by atoms with van der Waals surface area (Å²) in [5.41, 5.74) is 5.79. The Labute approximate surface area is 112 Å². The van der Waals surface area contributed by atoms with Gasteiger partial charge in [-0.2, -0.15) is 0 Å². The number of carbonyl (C=O) groups excluding carboxylic acids is 1. The Hall–Kier alpha value is -2.11. The molecule has 1 aromatic rings. The van der Waals surface area contributed by atoms with Crippen LogP contribution >= 0.6 is 0 Å². The summed E-state index contributed by atoms with van der Waals surface area (Å²) in [4.78, 5) is 24.0. The first kappa shape index (κ1) is 14.9. The van der Waals surface area contributed by atoms with Gasteiger partial charge in [-0.3, -0.25) is 14.9 Å². The Bertz CT molecular complexity index is 484. The number of nitrogen functional groups attached to an aromatic ring is 1. The molecule has 6 heteroatoms. The molecule has 0 aliphatic rings. The second-order valence-corrected chi connectivity index (χ2v) is 4.42. The third-order valence-electron chi connectivity index (χ3n) is 3.28. The first-order valence-electron chi connectivity index (χ1n) is 6.23. The van der Waals surface area contributed by atoms with Gasteiger partial charge < -0.3 is 10.6 Å².